The predicted octanol–water partition coefficient (Wildman–Crippen LogP) is 6.14. The fraction of sp³-hybridized carbons (Fsp3) is 0.111. The standard InChI is InChI=1S/C27H25NO/c1-4-11-22(12-5-1)21-29-26-18-10-13-23(19-26)20-28-27(24-14-6-2-7-15-24)25-16-8-3-9-17-25/h1-19,27-28H,20-21H2. The van der Waals surface area contributed by atoms with Crippen molar-refractivity contribution in [2.75, 3.05) is 0 Å². The van der Waals surface area contributed by atoms with Gasteiger partial charge in [-0.2, -0.15) is 0 Å². The Kier molecular flexibility index (Phi) is 6.36. The van der Waals surface area contributed by atoms with Crippen LogP contribution in [0.5, 0.6) is 5.75 Å². The smallest absolute Gasteiger partial charge is 0.120 e. The zero-order valence-corrected chi connectivity index (χ0v) is 16.4. The van der Waals surface area contributed by atoms with Crippen molar-refractivity contribution in [1.82, 2.24) is 5.32 Å². The summed E-state index contributed by atoms with van der Waals surface area (Å²) in [7, 11) is 0. The van der Waals surface area contributed by atoms with Gasteiger partial charge in [-0.1, -0.05) is 103 Å². The molecule has 0 bridgehead atoms. The van der Waals surface area contributed by atoms with Crippen LogP contribution in [0, 0.1) is 0 Å². The number of hydrogen-bond donors (Lipinski definition) is 1. The van der Waals surface area contributed by atoms with Crippen LogP contribution in [-0.2, 0) is 13.2 Å². The number of hydrogen-bond acceptors (Lipinski definition) is 2. The average molecular weight is 380 g/mol. The summed E-state index contributed by atoms with van der Waals surface area (Å²) in [5, 5.41) is 3.71. The van der Waals surface area contributed by atoms with Crippen molar-refractivity contribution < 1.29 is 4.74 Å². The molecular formula is C27H25NO. The second-order valence-electron chi connectivity index (χ2n) is 7.06. The Morgan fingerprint density at radius 2 is 1.14 bits per heavy atom. The molecule has 0 aliphatic heterocycles. The molecule has 0 saturated heterocycles. The van der Waals surface area contributed by atoms with Crippen molar-refractivity contribution in [3.8, 4) is 5.75 Å². The van der Waals surface area contributed by atoms with E-state index in [0.717, 1.165) is 12.3 Å². The van der Waals surface area contributed by atoms with Gasteiger partial charge in [-0.15, -0.1) is 0 Å². The van der Waals surface area contributed by atoms with E-state index in [9.17, 15) is 0 Å². The minimum absolute atomic E-state index is 0.145. The van der Waals surface area contributed by atoms with E-state index in [1.54, 1.807) is 0 Å². The van der Waals surface area contributed by atoms with Gasteiger partial charge in [-0.3, -0.25) is 0 Å². The Bertz CT molecular complexity index is 961. The molecule has 144 valence electrons. The first-order valence-electron chi connectivity index (χ1n) is 9.97. The second-order valence-corrected chi connectivity index (χ2v) is 7.06. The number of benzene rings is 4. The fourth-order valence-electron chi connectivity index (χ4n) is 3.43. The molecule has 0 aromatic heterocycles. The molecule has 0 atom stereocenters. The molecule has 0 amide bonds. The maximum atomic E-state index is 5.98. The van der Waals surface area contributed by atoms with Crippen molar-refractivity contribution in [3.05, 3.63) is 138 Å². The summed E-state index contributed by atoms with van der Waals surface area (Å²) in [4.78, 5) is 0. The van der Waals surface area contributed by atoms with E-state index in [0.29, 0.717) is 6.61 Å². The molecule has 2 heteroatoms. The van der Waals surface area contributed by atoms with Gasteiger partial charge in [0.1, 0.15) is 12.4 Å². The fourth-order valence-corrected chi connectivity index (χ4v) is 3.43. The van der Waals surface area contributed by atoms with E-state index in [2.05, 4.69) is 96.3 Å². The Morgan fingerprint density at radius 1 is 0.586 bits per heavy atom. The highest BCUT2D eigenvalue weighted by Gasteiger charge is 2.13. The van der Waals surface area contributed by atoms with Crippen LogP contribution in [0.3, 0.4) is 0 Å². The Hall–Kier alpha value is -3.36. The largest absolute Gasteiger partial charge is 0.489 e. The van der Waals surface area contributed by atoms with Gasteiger partial charge < -0.3 is 10.1 Å². The van der Waals surface area contributed by atoms with Crippen LogP contribution in [0.15, 0.2) is 115 Å². The van der Waals surface area contributed by atoms with E-state index < -0.39 is 0 Å². The van der Waals surface area contributed by atoms with Crippen LogP contribution in [0.1, 0.15) is 28.3 Å². The van der Waals surface area contributed by atoms with Crippen LogP contribution in [0.2, 0.25) is 0 Å². The minimum Gasteiger partial charge on any atom is -0.489 e. The monoisotopic (exact) mass is 379 g/mol. The Morgan fingerprint density at radius 3 is 1.76 bits per heavy atom. The first-order chi connectivity index (χ1) is 14.4. The molecular weight excluding hydrogens is 354 g/mol. The van der Waals surface area contributed by atoms with Crippen LogP contribution in [0.4, 0.5) is 0 Å². The molecule has 0 spiro atoms. The lowest BCUT2D eigenvalue weighted by Crippen LogP contribution is -2.22. The molecule has 0 heterocycles. The van der Waals surface area contributed by atoms with Gasteiger partial charge in [0.25, 0.3) is 0 Å². The van der Waals surface area contributed by atoms with Crippen LogP contribution in [-0.4, -0.2) is 0 Å². The summed E-state index contributed by atoms with van der Waals surface area (Å²) in [6.45, 7) is 1.34. The average Bonchev–Trinajstić information content (AvgIpc) is 2.80. The molecule has 0 unspecified atom stereocenters. The second kappa shape index (κ2) is 9.72. The normalized spacial score (nSPS) is 10.8. The molecule has 2 nitrogen and oxygen atoms in total. The van der Waals surface area contributed by atoms with Crippen molar-refractivity contribution in [1.29, 1.82) is 0 Å². The van der Waals surface area contributed by atoms with Crippen LogP contribution in [0.25, 0.3) is 0 Å². The van der Waals surface area contributed by atoms with Crippen LogP contribution >= 0.6 is 0 Å². The van der Waals surface area contributed by atoms with Gasteiger partial charge in [0.05, 0.1) is 6.04 Å². The lowest BCUT2D eigenvalue weighted by Gasteiger charge is -2.20. The first kappa shape index (κ1) is 19.0. The summed E-state index contributed by atoms with van der Waals surface area (Å²) in [5.74, 6) is 0.893. The summed E-state index contributed by atoms with van der Waals surface area (Å²) in [6.07, 6.45) is 0. The summed E-state index contributed by atoms with van der Waals surface area (Å²) >= 11 is 0. The van der Waals surface area contributed by atoms with Crippen LogP contribution < -0.4 is 10.1 Å². The third kappa shape index (κ3) is 5.34. The number of rotatable bonds is 8. The molecule has 29 heavy (non-hydrogen) atoms. The maximum absolute atomic E-state index is 5.98. The minimum atomic E-state index is 0.145. The quantitative estimate of drug-likeness (QED) is 0.397. The van der Waals surface area contributed by atoms with E-state index in [1.807, 2.05) is 24.3 Å². The lowest BCUT2D eigenvalue weighted by atomic mass is 9.98. The third-order valence-electron chi connectivity index (χ3n) is 4.92. The van der Waals surface area contributed by atoms with Gasteiger partial charge in [0, 0.05) is 6.54 Å². The van der Waals surface area contributed by atoms with Crippen molar-refractivity contribution >= 4 is 0 Å². The molecule has 4 aromatic rings. The van der Waals surface area contributed by atoms with Gasteiger partial charge in [0.15, 0.2) is 0 Å². The highest BCUT2D eigenvalue weighted by molar-refractivity contribution is 5.33. The molecule has 0 fully saturated rings. The molecule has 0 saturated carbocycles. The molecule has 0 aliphatic carbocycles. The molecule has 0 aliphatic rings. The summed E-state index contributed by atoms with van der Waals surface area (Å²) in [6, 6.07) is 39.8. The first-order valence-corrected chi connectivity index (χ1v) is 9.97. The predicted molar refractivity (Wildman–Crippen MR) is 119 cm³/mol. The van der Waals surface area contributed by atoms with Gasteiger partial charge >= 0.3 is 0 Å². The van der Waals surface area contributed by atoms with Crippen molar-refractivity contribution in [2.24, 2.45) is 0 Å². The van der Waals surface area contributed by atoms with Gasteiger partial charge in [-0.05, 0) is 34.4 Å². The number of nitrogens with one attached hydrogen (secondary N) is 1. The maximum Gasteiger partial charge on any atom is 0.120 e. The van der Waals surface area contributed by atoms with E-state index >= 15 is 0 Å². The zero-order chi connectivity index (χ0) is 19.7. The van der Waals surface area contributed by atoms with E-state index in [4.69, 9.17) is 4.74 Å². The zero-order valence-electron chi connectivity index (χ0n) is 16.4. The SMILES string of the molecule is c1ccc(COc2cccc(CNC(c3ccccc3)c3ccccc3)c2)cc1. The van der Waals surface area contributed by atoms with E-state index in [-0.39, 0.29) is 6.04 Å². The Labute approximate surface area is 172 Å². The molecule has 4 rings (SSSR count). The molecule has 4 aromatic carbocycles. The molecule has 1 N–H and O–H groups in total. The summed E-state index contributed by atoms with van der Waals surface area (Å²) < 4.78 is 5.98. The highest BCUT2D eigenvalue weighted by atomic mass is 16.5. The highest BCUT2D eigenvalue weighted by Crippen LogP contribution is 2.23. The number of ether oxygens (including phenoxy) is 1. The summed E-state index contributed by atoms with van der Waals surface area (Å²) in [5.41, 5.74) is 4.89. The van der Waals surface area contributed by atoms with Crippen molar-refractivity contribution in [3.63, 3.8) is 0 Å². The van der Waals surface area contributed by atoms with Crippen molar-refractivity contribution in [2.45, 2.75) is 19.2 Å². The van der Waals surface area contributed by atoms with E-state index in [1.165, 1.54) is 22.3 Å². The third-order valence-corrected chi connectivity index (χ3v) is 4.92. The van der Waals surface area contributed by atoms with Gasteiger partial charge in [0.2, 0.25) is 0 Å². The Balaban J connectivity index is 1.45. The molecule has 0 radical (unpaired) electrons. The topological polar surface area (TPSA) is 21.3 Å². The van der Waals surface area contributed by atoms with Gasteiger partial charge in [-0.25, -0.2) is 0 Å². The lowest BCUT2D eigenvalue weighted by molar-refractivity contribution is 0.306.